The number of halogens is 2. The lowest BCUT2D eigenvalue weighted by Gasteiger charge is -2.23. The smallest absolute Gasteiger partial charge is 0.189 e. The second-order valence-corrected chi connectivity index (χ2v) is 6.09. The molecule has 0 radical (unpaired) electrons. The SMILES string of the molecule is CCOC(OCC)c1c(F)cc(NC(CC)CC(C)CC)cc1F. The molecule has 0 fully saturated rings. The van der Waals surface area contributed by atoms with Gasteiger partial charge in [0.1, 0.15) is 11.6 Å². The molecular formula is C19H31F2NO2. The quantitative estimate of drug-likeness (QED) is 0.526. The predicted molar refractivity (Wildman–Crippen MR) is 94.1 cm³/mol. The Kier molecular flexibility index (Phi) is 9.22. The summed E-state index contributed by atoms with van der Waals surface area (Å²) >= 11 is 0. The highest BCUT2D eigenvalue weighted by Gasteiger charge is 2.22. The van der Waals surface area contributed by atoms with Crippen LogP contribution in [0.3, 0.4) is 0 Å². The predicted octanol–water partition coefficient (Wildman–Crippen LogP) is 5.66. The van der Waals surface area contributed by atoms with Gasteiger partial charge in [-0.15, -0.1) is 0 Å². The van der Waals surface area contributed by atoms with E-state index in [0.717, 1.165) is 19.3 Å². The van der Waals surface area contributed by atoms with E-state index in [2.05, 4.69) is 26.1 Å². The van der Waals surface area contributed by atoms with Gasteiger partial charge in [0, 0.05) is 24.9 Å². The van der Waals surface area contributed by atoms with Gasteiger partial charge in [-0.25, -0.2) is 8.78 Å². The van der Waals surface area contributed by atoms with E-state index in [4.69, 9.17) is 9.47 Å². The summed E-state index contributed by atoms with van der Waals surface area (Å²) in [4.78, 5) is 0. The normalized spacial score (nSPS) is 14.0. The molecule has 1 aromatic carbocycles. The van der Waals surface area contributed by atoms with Crippen LogP contribution in [0.4, 0.5) is 14.5 Å². The average Bonchev–Trinajstić information content (AvgIpc) is 2.53. The fourth-order valence-electron chi connectivity index (χ4n) is 2.63. The topological polar surface area (TPSA) is 30.5 Å². The van der Waals surface area contributed by atoms with E-state index in [1.54, 1.807) is 13.8 Å². The van der Waals surface area contributed by atoms with Gasteiger partial charge in [-0.3, -0.25) is 0 Å². The molecule has 1 rings (SSSR count). The molecular weight excluding hydrogens is 312 g/mol. The summed E-state index contributed by atoms with van der Waals surface area (Å²) in [5.74, 6) is -0.734. The molecule has 0 aliphatic rings. The highest BCUT2D eigenvalue weighted by Crippen LogP contribution is 2.29. The van der Waals surface area contributed by atoms with Gasteiger partial charge in [0.05, 0.1) is 5.56 Å². The van der Waals surface area contributed by atoms with Crippen molar-refractivity contribution in [3.63, 3.8) is 0 Å². The standard InChI is InChI=1S/C19H31F2NO2/c1-6-13(5)10-14(7-2)22-15-11-16(20)18(17(21)12-15)19(23-8-3)24-9-4/h11-14,19,22H,6-10H2,1-5H3. The van der Waals surface area contributed by atoms with Crippen LogP contribution in [0.25, 0.3) is 0 Å². The first-order valence-corrected chi connectivity index (χ1v) is 8.95. The summed E-state index contributed by atoms with van der Waals surface area (Å²) in [6.45, 7) is 10.6. The lowest BCUT2D eigenvalue weighted by atomic mass is 9.97. The van der Waals surface area contributed by atoms with Crippen molar-refractivity contribution in [1.82, 2.24) is 0 Å². The van der Waals surface area contributed by atoms with Gasteiger partial charge < -0.3 is 14.8 Å². The van der Waals surface area contributed by atoms with Crippen LogP contribution in [-0.4, -0.2) is 19.3 Å². The first-order valence-electron chi connectivity index (χ1n) is 8.95. The van der Waals surface area contributed by atoms with Gasteiger partial charge in [-0.05, 0) is 44.7 Å². The van der Waals surface area contributed by atoms with Crippen molar-refractivity contribution >= 4 is 5.69 Å². The maximum atomic E-state index is 14.5. The minimum Gasteiger partial charge on any atom is -0.382 e. The zero-order chi connectivity index (χ0) is 18.1. The van der Waals surface area contributed by atoms with Crippen LogP contribution < -0.4 is 5.32 Å². The zero-order valence-corrected chi connectivity index (χ0v) is 15.5. The molecule has 0 saturated heterocycles. The van der Waals surface area contributed by atoms with E-state index in [1.807, 2.05) is 0 Å². The van der Waals surface area contributed by atoms with Crippen LogP contribution in [0.15, 0.2) is 12.1 Å². The van der Waals surface area contributed by atoms with E-state index in [0.29, 0.717) is 24.8 Å². The Hall–Kier alpha value is -1.20. The number of rotatable bonds is 11. The lowest BCUT2D eigenvalue weighted by molar-refractivity contribution is -0.143. The Morgan fingerprint density at radius 3 is 1.92 bits per heavy atom. The molecule has 0 heterocycles. The second kappa shape index (κ2) is 10.6. The summed E-state index contributed by atoms with van der Waals surface area (Å²) in [6, 6.07) is 2.84. The van der Waals surface area contributed by atoms with Crippen LogP contribution in [0.1, 0.15) is 65.7 Å². The van der Waals surface area contributed by atoms with Gasteiger partial charge >= 0.3 is 0 Å². The lowest BCUT2D eigenvalue weighted by Crippen LogP contribution is -2.22. The van der Waals surface area contributed by atoms with Gasteiger partial charge in [0.2, 0.25) is 0 Å². The molecule has 1 aromatic rings. The van der Waals surface area contributed by atoms with Crippen molar-refractivity contribution in [2.75, 3.05) is 18.5 Å². The minimum absolute atomic E-state index is 0.167. The van der Waals surface area contributed by atoms with Crippen molar-refractivity contribution in [3.8, 4) is 0 Å². The molecule has 0 saturated carbocycles. The number of hydrogen-bond acceptors (Lipinski definition) is 3. The Morgan fingerprint density at radius 2 is 1.50 bits per heavy atom. The minimum atomic E-state index is -1.02. The highest BCUT2D eigenvalue weighted by molar-refractivity contribution is 5.47. The van der Waals surface area contributed by atoms with Crippen molar-refractivity contribution in [3.05, 3.63) is 29.3 Å². The van der Waals surface area contributed by atoms with Gasteiger partial charge in [-0.2, -0.15) is 0 Å². The Balaban J connectivity index is 2.96. The third-order valence-corrected chi connectivity index (χ3v) is 4.20. The van der Waals surface area contributed by atoms with E-state index in [-0.39, 0.29) is 11.6 Å². The van der Waals surface area contributed by atoms with Gasteiger partial charge in [0.25, 0.3) is 0 Å². The summed E-state index contributed by atoms with van der Waals surface area (Å²) in [5.41, 5.74) is 0.287. The summed E-state index contributed by atoms with van der Waals surface area (Å²) in [6.07, 6.45) is 1.94. The van der Waals surface area contributed by atoms with Crippen LogP contribution in [-0.2, 0) is 9.47 Å². The molecule has 138 valence electrons. The highest BCUT2D eigenvalue weighted by atomic mass is 19.1. The zero-order valence-electron chi connectivity index (χ0n) is 15.5. The molecule has 5 heteroatoms. The first-order chi connectivity index (χ1) is 11.5. The second-order valence-electron chi connectivity index (χ2n) is 6.09. The summed E-state index contributed by atoms with van der Waals surface area (Å²) in [5, 5.41) is 3.24. The van der Waals surface area contributed by atoms with E-state index < -0.39 is 17.9 Å². The molecule has 0 spiro atoms. The summed E-state index contributed by atoms with van der Waals surface area (Å²) < 4.78 is 39.5. The maximum absolute atomic E-state index is 14.5. The van der Waals surface area contributed by atoms with E-state index in [1.165, 1.54) is 12.1 Å². The monoisotopic (exact) mass is 343 g/mol. The number of nitrogens with one attached hydrogen (secondary N) is 1. The maximum Gasteiger partial charge on any atom is 0.189 e. The molecule has 0 aromatic heterocycles. The van der Waals surface area contributed by atoms with Gasteiger partial charge in [0.15, 0.2) is 6.29 Å². The third-order valence-electron chi connectivity index (χ3n) is 4.20. The van der Waals surface area contributed by atoms with E-state index >= 15 is 0 Å². The van der Waals surface area contributed by atoms with Crippen LogP contribution in [0.2, 0.25) is 0 Å². The molecule has 0 amide bonds. The number of hydrogen-bond donors (Lipinski definition) is 1. The van der Waals surface area contributed by atoms with Gasteiger partial charge in [-0.1, -0.05) is 27.2 Å². The molecule has 0 aliphatic heterocycles. The molecule has 0 aliphatic carbocycles. The third kappa shape index (κ3) is 6.02. The van der Waals surface area contributed by atoms with Crippen LogP contribution in [0, 0.1) is 17.6 Å². The van der Waals surface area contributed by atoms with Crippen molar-refractivity contribution in [2.24, 2.45) is 5.92 Å². The van der Waals surface area contributed by atoms with Crippen LogP contribution in [0.5, 0.6) is 0 Å². The average molecular weight is 343 g/mol. The summed E-state index contributed by atoms with van der Waals surface area (Å²) in [7, 11) is 0. The molecule has 2 atom stereocenters. The number of anilines is 1. The Morgan fingerprint density at radius 1 is 0.958 bits per heavy atom. The number of ether oxygens (including phenoxy) is 2. The fraction of sp³-hybridized carbons (Fsp3) is 0.684. The van der Waals surface area contributed by atoms with Crippen molar-refractivity contribution in [1.29, 1.82) is 0 Å². The van der Waals surface area contributed by atoms with E-state index in [9.17, 15) is 8.78 Å². The molecule has 24 heavy (non-hydrogen) atoms. The first kappa shape index (κ1) is 20.8. The Bertz CT molecular complexity index is 467. The molecule has 0 bridgehead atoms. The number of benzene rings is 1. The molecule has 1 N–H and O–H groups in total. The Labute approximate surface area is 144 Å². The molecule has 2 unspecified atom stereocenters. The van der Waals surface area contributed by atoms with Crippen molar-refractivity contribution < 1.29 is 18.3 Å². The largest absolute Gasteiger partial charge is 0.382 e. The van der Waals surface area contributed by atoms with Crippen LogP contribution >= 0.6 is 0 Å². The fourth-order valence-corrected chi connectivity index (χ4v) is 2.63. The van der Waals surface area contributed by atoms with Crippen molar-refractivity contribution in [2.45, 2.75) is 66.2 Å². The molecule has 3 nitrogen and oxygen atoms in total.